The molecule has 4 nitrogen and oxygen atoms in total. The summed E-state index contributed by atoms with van der Waals surface area (Å²) in [6.07, 6.45) is 2.51. The predicted octanol–water partition coefficient (Wildman–Crippen LogP) is 3.85. The van der Waals surface area contributed by atoms with Gasteiger partial charge in [0, 0.05) is 5.56 Å². The quantitative estimate of drug-likeness (QED) is 0.669. The lowest BCUT2D eigenvalue weighted by Crippen LogP contribution is -2.24. The van der Waals surface area contributed by atoms with E-state index in [0.717, 1.165) is 6.42 Å². The monoisotopic (exact) mass is 326 g/mol. The second kappa shape index (κ2) is 6.46. The first-order valence-electron chi connectivity index (χ1n) is 7.66. The Morgan fingerprint density at radius 3 is 2.70 bits per heavy atom. The molecule has 3 rings (SSSR count). The number of hydrogen-bond donors (Lipinski definition) is 0. The van der Waals surface area contributed by atoms with E-state index in [-0.39, 0.29) is 17.9 Å². The lowest BCUT2D eigenvalue weighted by atomic mass is 9.97. The lowest BCUT2D eigenvalue weighted by Gasteiger charge is -2.10. The fraction of sp³-hybridized carbons (Fsp3) is 0.278. The number of rotatable bonds is 5. The van der Waals surface area contributed by atoms with Crippen LogP contribution in [0, 0.1) is 0 Å². The Bertz CT molecular complexity index is 893. The molecular formula is C18H18N2O2S. The molecule has 1 unspecified atom stereocenters. The van der Waals surface area contributed by atoms with Crippen molar-refractivity contribution in [2.24, 2.45) is 0 Å². The van der Waals surface area contributed by atoms with Crippen LogP contribution < -0.4 is 5.56 Å². The van der Waals surface area contributed by atoms with Crippen LogP contribution in [0.25, 0.3) is 10.2 Å². The number of fused-ring (bicyclic) bond motifs is 1. The van der Waals surface area contributed by atoms with Crippen LogP contribution in [0.2, 0.25) is 0 Å². The fourth-order valence-electron chi connectivity index (χ4n) is 2.47. The van der Waals surface area contributed by atoms with Crippen molar-refractivity contribution >= 4 is 27.3 Å². The van der Waals surface area contributed by atoms with Crippen molar-refractivity contribution < 1.29 is 4.79 Å². The number of aromatic nitrogens is 2. The predicted molar refractivity (Wildman–Crippen MR) is 93.4 cm³/mol. The standard InChI is InChI=1S/C18H18N2O2S/c1-3-12(2)13-4-6-14(7-5-13)16(21)10-20-11-19-15-8-9-23-17(15)18(20)22/h4-9,11-12H,3,10H2,1-2H3. The van der Waals surface area contributed by atoms with Gasteiger partial charge in [0.15, 0.2) is 5.78 Å². The Morgan fingerprint density at radius 1 is 1.26 bits per heavy atom. The van der Waals surface area contributed by atoms with Crippen molar-refractivity contribution in [3.05, 3.63) is 63.5 Å². The molecule has 0 aliphatic carbocycles. The van der Waals surface area contributed by atoms with E-state index < -0.39 is 0 Å². The van der Waals surface area contributed by atoms with Crippen LogP contribution >= 0.6 is 11.3 Å². The maximum Gasteiger partial charge on any atom is 0.271 e. The highest BCUT2D eigenvalue weighted by atomic mass is 32.1. The van der Waals surface area contributed by atoms with Crippen LogP contribution in [0.4, 0.5) is 0 Å². The zero-order chi connectivity index (χ0) is 16.4. The number of Topliss-reactive ketones (excluding diaryl/α,β-unsaturated/α-hetero) is 1. The molecule has 2 aromatic heterocycles. The molecule has 0 N–H and O–H groups in total. The van der Waals surface area contributed by atoms with Gasteiger partial charge in [0.25, 0.3) is 5.56 Å². The largest absolute Gasteiger partial charge is 0.292 e. The molecular weight excluding hydrogens is 308 g/mol. The highest BCUT2D eigenvalue weighted by Gasteiger charge is 2.11. The number of carbonyl (C=O) groups excluding carboxylic acids is 1. The zero-order valence-corrected chi connectivity index (χ0v) is 14.0. The second-order valence-corrected chi connectivity index (χ2v) is 6.58. The molecule has 118 valence electrons. The van der Waals surface area contributed by atoms with Crippen molar-refractivity contribution in [2.45, 2.75) is 32.7 Å². The number of thiophene rings is 1. The van der Waals surface area contributed by atoms with Crippen molar-refractivity contribution in [2.75, 3.05) is 0 Å². The lowest BCUT2D eigenvalue weighted by molar-refractivity contribution is 0.0970. The van der Waals surface area contributed by atoms with Crippen molar-refractivity contribution in [3.63, 3.8) is 0 Å². The first-order chi connectivity index (χ1) is 11.1. The van der Waals surface area contributed by atoms with Crippen molar-refractivity contribution in [1.82, 2.24) is 9.55 Å². The number of nitrogens with zero attached hydrogens (tertiary/aromatic N) is 2. The van der Waals surface area contributed by atoms with Gasteiger partial charge in [-0.3, -0.25) is 14.2 Å². The summed E-state index contributed by atoms with van der Waals surface area (Å²) in [4.78, 5) is 28.9. The molecule has 2 heterocycles. The Kier molecular flexibility index (Phi) is 4.39. The van der Waals surface area contributed by atoms with E-state index in [0.29, 0.717) is 21.7 Å². The number of hydrogen-bond acceptors (Lipinski definition) is 4. The molecule has 0 bridgehead atoms. The molecule has 0 aliphatic heterocycles. The third kappa shape index (κ3) is 3.10. The average Bonchev–Trinajstić information content (AvgIpc) is 3.06. The third-order valence-electron chi connectivity index (χ3n) is 4.16. The molecule has 3 aromatic rings. The van der Waals surface area contributed by atoms with Gasteiger partial charge < -0.3 is 0 Å². The zero-order valence-electron chi connectivity index (χ0n) is 13.2. The Hall–Kier alpha value is -2.27. The summed E-state index contributed by atoms with van der Waals surface area (Å²) in [7, 11) is 0. The third-order valence-corrected chi connectivity index (χ3v) is 5.06. The van der Waals surface area contributed by atoms with E-state index in [1.165, 1.54) is 27.8 Å². The molecule has 0 aliphatic rings. The van der Waals surface area contributed by atoms with E-state index in [2.05, 4.69) is 18.8 Å². The van der Waals surface area contributed by atoms with Crippen LogP contribution in [0.1, 0.15) is 42.1 Å². The summed E-state index contributed by atoms with van der Waals surface area (Å²) in [5.74, 6) is 0.396. The maximum absolute atomic E-state index is 12.4. The van der Waals surface area contributed by atoms with E-state index in [1.54, 1.807) is 6.07 Å². The molecule has 0 amide bonds. The highest BCUT2D eigenvalue weighted by molar-refractivity contribution is 7.17. The maximum atomic E-state index is 12.4. The van der Waals surface area contributed by atoms with Gasteiger partial charge in [-0.1, -0.05) is 38.1 Å². The Balaban J connectivity index is 1.83. The van der Waals surface area contributed by atoms with Gasteiger partial charge >= 0.3 is 0 Å². The van der Waals surface area contributed by atoms with Crippen molar-refractivity contribution in [3.8, 4) is 0 Å². The number of carbonyl (C=O) groups is 1. The number of ketones is 1. The van der Waals surface area contributed by atoms with Gasteiger partial charge in [0.2, 0.25) is 0 Å². The molecule has 0 saturated heterocycles. The van der Waals surface area contributed by atoms with Gasteiger partial charge in [-0.05, 0) is 29.3 Å². The van der Waals surface area contributed by atoms with Crippen LogP contribution in [-0.4, -0.2) is 15.3 Å². The second-order valence-electron chi connectivity index (χ2n) is 5.67. The van der Waals surface area contributed by atoms with Gasteiger partial charge in [-0.25, -0.2) is 4.98 Å². The minimum atomic E-state index is -0.158. The fourth-order valence-corrected chi connectivity index (χ4v) is 3.26. The van der Waals surface area contributed by atoms with Crippen LogP contribution in [0.3, 0.4) is 0 Å². The average molecular weight is 326 g/mol. The Labute approximate surface area is 138 Å². The summed E-state index contributed by atoms with van der Waals surface area (Å²) >= 11 is 1.35. The van der Waals surface area contributed by atoms with Gasteiger partial charge in [-0.2, -0.15) is 0 Å². The van der Waals surface area contributed by atoms with Crippen molar-refractivity contribution in [1.29, 1.82) is 0 Å². The molecule has 0 spiro atoms. The van der Waals surface area contributed by atoms with Crippen LogP contribution in [0.5, 0.6) is 0 Å². The summed E-state index contributed by atoms with van der Waals surface area (Å²) in [6.45, 7) is 4.32. The number of benzene rings is 1. The van der Waals surface area contributed by atoms with Crippen LogP contribution in [-0.2, 0) is 6.54 Å². The summed E-state index contributed by atoms with van der Waals surface area (Å²) < 4.78 is 1.97. The van der Waals surface area contributed by atoms with E-state index in [9.17, 15) is 9.59 Å². The SMILES string of the molecule is CCC(C)c1ccc(C(=O)Cn2cnc3ccsc3c2=O)cc1. The molecule has 0 fully saturated rings. The smallest absolute Gasteiger partial charge is 0.271 e. The summed E-state index contributed by atoms with van der Waals surface area (Å²) in [5.41, 5.74) is 2.37. The summed E-state index contributed by atoms with van der Waals surface area (Å²) in [5, 5.41) is 1.83. The normalized spacial score (nSPS) is 12.4. The molecule has 23 heavy (non-hydrogen) atoms. The minimum Gasteiger partial charge on any atom is -0.292 e. The Morgan fingerprint density at radius 2 is 2.00 bits per heavy atom. The van der Waals surface area contributed by atoms with E-state index >= 15 is 0 Å². The van der Waals surface area contributed by atoms with E-state index in [1.807, 2.05) is 29.6 Å². The first-order valence-corrected chi connectivity index (χ1v) is 8.54. The molecule has 1 atom stereocenters. The van der Waals surface area contributed by atoms with Gasteiger partial charge in [-0.15, -0.1) is 11.3 Å². The summed E-state index contributed by atoms with van der Waals surface area (Å²) in [6, 6.07) is 9.47. The topological polar surface area (TPSA) is 52.0 Å². The molecule has 0 radical (unpaired) electrons. The molecule has 5 heteroatoms. The molecule has 0 saturated carbocycles. The highest BCUT2D eigenvalue weighted by Crippen LogP contribution is 2.19. The first kappa shape index (κ1) is 15.6. The minimum absolute atomic E-state index is 0.0162. The van der Waals surface area contributed by atoms with Crippen LogP contribution in [0.15, 0.2) is 46.8 Å². The van der Waals surface area contributed by atoms with Gasteiger partial charge in [0.05, 0.1) is 18.4 Å². The van der Waals surface area contributed by atoms with Gasteiger partial charge in [0.1, 0.15) is 4.70 Å². The molecule has 1 aromatic carbocycles. The van der Waals surface area contributed by atoms with E-state index in [4.69, 9.17) is 0 Å².